The third-order valence-corrected chi connectivity index (χ3v) is 5.95. The molecule has 5 rings (SSSR count). The molecule has 0 atom stereocenters. The molecule has 1 amide bonds. The van der Waals surface area contributed by atoms with Gasteiger partial charge in [0.2, 0.25) is 11.9 Å². The number of hydrogen-bond acceptors (Lipinski definition) is 6. The summed E-state index contributed by atoms with van der Waals surface area (Å²) in [4.78, 5) is 21.2. The van der Waals surface area contributed by atoms with Crippen molar-refractivity contribution < 1.29 is 4.79 Å². The molecule has 2 aliphatic carbocycles. The summed E-state index contributed by atoms with van der Waals surface area (Å²) in [7, 11) is 0. The van der Waals surface area contributed by atoms with E-state index in [4.69, 9.17) is 4.98 Å². The minimum absolute atomic E-state index is 0.211. The van der Waals surface area contributed by atoms with E-state index in [9.17, 15) is 4.79 Å². The predicted octanol–water partition coefficient (Wildman–Crippen LogP) is 3.69. The Morgan fingerprint density at radius 2 is 2.03 bits per heavy atom. The van der Waals surface area contributed by atoms with E-state index in [0.29, 0.717) is 18.4 Å². The number of benzene rings is 1. The van der Waals surface area contributed by atoms with Crippen LogP contribution in [0.5, 0.6) is 0 Å². The molecule has 0 spiro atoms. The normalized spacial score (nSPS) is 16.3. The van der Waals surface area contributed by atoms with Crippen molar-refractivity contribution in [3.63, 3.8) is 0 Å². The Kier molecular flexibility index (Phi) is 5.21. The smallest absolute Gasteiger partial charge is 0.229 e. The Balaban J connectivity index is 1.20. The zero-order chi connectivity index (χ0) is 20.3. The van der Waals surface area contributed by atoms with Crippen LogP contribution in [0.25, 0.3) is 10.9 Å². The van der Waals surface area contributed by atoms with Crippen molar-refractivity contribution in [3.8, 4) is 0 Å². The number of carbonyl (C=O) groups is 1. The lowest BCUT2D eigenvalue weighted by Crippen LogP contribution is -2.35. The number of nitrogens with zero attached hydrogens (tertiary/aromatic N) is 3. The first-order chi connectivity index (χ1) is 14.8. The largest absolute Gasteiger partial charge is 0.370 e. The molecule has 30 heavy (non-hydrogen) atoms. The highest BCUT2D eigenvalue weighted by atomic mass is 16.1. The van der Waals surface area contributed by atoms with Crippen LogP contribution >= 0.6 is 0 Å². The van der Waals surface area contributed by atoms with Gasteiger partial charge in [0.1, 0.15) is 5.82 Å². The van der Waals surface area contributed by atoms with Gasteiger partial charge in [-0.25, -0.2) is 4.98 Å². The Bertz CT molecular complexity index is 1040. The Hall–Kier alpha value is -3.16. The van der Waals surface area contributed by atoms with Crippen molar-refractivity contribution in [1.82, 2.24) is 25.5 Å². The first-order valence-electron chi connectivity index (χ1n) is 10.8. The molecule has 0 bridgehead atoms. The second-order valence-electron chi connectivity index (χ2n) is 8.27. The summed E-state index contributed by atoms with van der Waals surface area (Å²) in [5.74, 6) is 2.47. The maximum atomic E-state index is 11.9. The number of amides is 1. The first kappa shape index (κ1) is 18.8. The molecule has 0 unspecified atom stereocenters. The van der Waals surface area contributed by atoms with Gasteiger partial charge in [-0.15, -0.1) is 0 Å². The topological polar surface area (TPSA) is 108 Å². The fraction of sp³-hybridized carbons (Fsp3) is 0.455. The van der Waals surface area contributed by atoms with E-state index in [-0.39, 0.29) is 11.8 Å². The molecule has 4 N–H and O–H groups in total. The molecule has 2 heterocycles. The van der Waals surface area contributed by atoms with Gasteiger partial charge in [0.05, 0.1) is 11.7 Å². The van der Waals surface area contributed by atoms with Crippen molar-refractivity contribution in [2.75, 3.05) is 23.7 Å². The first-order valence-corrected chi connectivity index (χ1v) is 10.8. The molecular weight excluding hydrogens is 378 g/mol. The lowest BCUT2D eigenvalue weighted by molar-refractivity contribution is -0.127. The fourth-order valence-corrected chi connectivity index (χ4v) is 3.75. The molecule has 156 valence electrons. The highest BCUT2D eigenvalue weighted by molar-refractivity contribution is 5.82. The zero-order valence-corrected chi connectivity index (χ0v) is 16.9. The molecule has 2 aliphatic rings. The molecule has 8 heteroatoms. The minimum atomic E-state index is 0.211. The summed E-state index contributed by atoms with van der Waals surface area (Å²) in [6.45, 7) is 1.46. The van der Waals surface area contributed by atoms with Crippen molar-refractivity contribution >= 4 is 34.3 Å². The minimum Gasteiger partial charge on any atom is -0.370 e. The van der Waals surface area contributed by atoms with Crippen LogP contribution in [0.2, 0.25) is 0 Å². The van der Waals surface area contributed by atoms with Crippen LogP contribution in [0, 0.1) is 5.92 Å². The van der Waals surface area contributed by atoms with Crippen LogP contribution < -0.4 is 16.0 Å². The van der Waals surface area contributed by atoms with E-state index in [2.05, 4.69) is 31.1 Å². The van der Waals surface area contributed by atoms with Gasteiger partial charge >= 0.3 is 0 Å². The number of carbonyl (C=O) groups excluding carboxylic acids is 1. The van der Waals surface area contributed by atoms with Crippen molar-refractivity contribution in [2.24, 2.45) is 5.92 Å². The molecule has 0 radical (unpaired) electrons. The monoisotopic (exact) mass is 405 g/mol. The van der Waals surface area contributed by atoms with Gasteiger partial charge in [-0.2, -0.15) is 10.1 Å². The van der Waals surface area contributed by atoms with E-state index in [1.807, 2.05) is 24.4 Å². The second kappa shape index (κ2) is 8.30. The van der Waals surface area contributed by atoms with Crippen LogP contribution in [-0.4, -0.2) is 39.2 Å². The van der Waals surface area contributed by atoms with E-state index in [0.717, 1.165) is 48.2 Å². The van der Waals surface area contributed by atoms with E-state index in [1.165, 1.54) is 24.8 Å². The average Bonchev–Trinajstić information content (AvgIpc) is 3.43. The average molecular weight is 406 g/mol. The Labute approximate surface area is 175 Å². The van der Waals surface area contributed by atoms with Gasteiger partial charge in [-0.1, -0.05) is 6.42 Å². The van der Waals surface area contributed by atoms with Crippen molar-refractivity contribution in [2.45, 2.75) is 44.4 Å². The van der Waals surface area contributed by atoms with E-state index in [1.54, 1.807) is 6.20 Å². The van der Waals surface area contributed by atoms with Crippen LogP contribution in [0.1, 0.15) is 50.0 Å². The molecule has 2 saturated carbocycles. The number of rotatable bonds is 9. The van der Waals surface area contributed by atoms with Gasteiger partial charge in [0, 0.05) is 41.8 Å². The van der Waals surface area contributed by atoms with E-state index < -0.39 is 0 Å². The molecule has 3 aromatic rings. The summed E-state index contributed by atoms with van der Waals surface area (Å²) in [5, 5.41) is 17.9. The third kappa shape index (κ3) is 4.22. The standard InChI is InChI=1S/C22H27N7O/c30-21(15-3-1-4-15)24-10-2-9-23-20-18(14-5-6-14)13-25-22(28-20)27-17-8-7-16-12-26-29-19(16)11-17/h7-8,11-15H,1-6,9-10H2,(H,24,30)(H,26,29)(H2,23,25,27,28). The Morgan fingerprint density at radius 1 is 1.13 bits per heavy atom. The maximum Gasteiger partial charge on any atom is 0.229 e. The van der Waals surface area contributed by atoms with E-state index >= 15 is 0 Å². The van der Waals surface area contributed by atoms with Crippen LogP contribution in [-0.2, 0) is 4.79 Å². The highest BCUT2D eigenvalue weighted by Crippen LogP contribution is 2.42. The number of anilines is 3. The van der Waals surface area contributed by atoms with Gasteiger partial charge in [-0.05, 0) is 56.2 Å². The second-order valence-corrected chi connectivity index (χ2v) is 8.27. The molecule has 1 aromatic carbocycles. The number of hydrogen-bond donors (Lipinski definition) is 4. The van der Waals surface area contributed by atoms with Gasteiger partial charge < -0.3 is 16.0 Å². The quantitative estimate of drug-likeness (QED) is 0.405. The number of aromatic nitrogens is 4. The summed E-state index contributed by atoms with van der Waals surface area (Å²) < 4.78 is 0. The molecular formula is C22H27N7O. The van der Waals surface area contributed by atoms with Gasteiger partial charge in [0.25, 0.3) is 0 Å². The number of H-pyrrole nitrogens is 1. The van der Waals surface area contributed by atoms with Crippen LogP contribution in [0.15, 0.2) is 30.6 Å². The summed E-state index contributed by atoms with van der Waals surface area (Å²) >= 11 is 0. The van der Waals surface area contributed by atoms with Crippen molar-refractivity contribution in [1.29, 1.82) is 0 Å². The highest BCUT2D eigenvalue weighted by Gasteiger charge is 2.28. The lowest BCUT2D eigenvalue weighted by atomic mass is 9.85. The Morgan fingerprint density at radius 3 is 2.83 bits per heavy atom. The van der Waals surface area contributed by atoms with Gasteiger partial charge in [0.15, 0.2) is 0 Å². The molecule has 2 aromatic heterocycles. The van der Waals surface area contributed by atoms with Crippen LogP contribution in [0.4, 0.5) is 17.5 Å². The SMILES string of the molecule is O=C(NCCCNc1nc(Nc2ccc3cn[nH]c3c2)ncc1C1CC1)C1CCC1. The number of fused-ring (bicyclic) bond motifs is 1. The summed E-state index contributed by atoms with van der Waals surface area (Å²) in [6, 6.07) is 6.00. The summed E-state index contributed by atoms with van der Waals surface area (Å²) in [6.07, 6.45) is 10.3. The number of aromatic amines is 1. The molecule has 2 fully saturated rings. The molecule has 0 aliphatic heterocycles. The third-order valence-electron chi connectivity index (χ3n) is 5.95. The fourth-order valence-electron chi connectivity index (χ4n) is 3.75. The molecule has 0 saturated heterocycles. The van der Waals surface area contributed by atoms with Crippen LogP contribution in [0.3, 0.4) is 0 Å². The lowest BCUT2D eigenvalue weighted by Gasteiger charge is -2.24. The number of nitrogens with one attached hydrogen (secondary N) is 4. The maximum absolute atomic E-state index is 11.9. The predicted molar refractivity (Wildman–Crippen MR) is 117 cm³/mol. The van der Waals surface area contributed by atoms with Crippen molar-refractivity contribution in [3.05, 3.63) is 36.2 Å². The summed E-state index contributed by atoms with van der Waals surface area (Å²) in [5.41, 5.74) is 3.07. The zero-order valence-electron chi connectivity index (χ0n) is 16.9. The molecule has 8 nitrogen and oxygen atoms in total. The van der Waals surface area contributed by atoms with Gasteiger partial charge in [-0.3, -0.25) is 9.89 Å².